The van der Waals surface area contributed by atoms with Crippen molar-refractivity contribution in [2.75, 3.05) is 14.2 Å². The third-order valence-electron chi connectivity index (χ3n) is 1.70. The van der Waals surface area contributed by atoms with Crippen molar-refractivity contribution >= 4 is 11.6 Å². The van der Waals surface area contributed by atoms with Gasteiger partial charge in [0, 0.05) is 11.6 Å². The van der Waals surface area contributed by atoms with Gasteiger partial charge in [-0.15, -0.1) is 11.6 Å². The van der Waals surface area contributed by atoms with Gasteiger partial charge in [-0.3, -0.25) is 0 Å². The van der Waals surface area contributed by atoms with Crippen molar-refractivity contribution in [3.05, 3.63) is 23.5 Å². The maximum absolute atomic E-state index is 13.1. The SMILES string of the molecule is COc1cc(F)c(CCl)cc1OC. The molecule has 0 amide bonds. The second kappa shape index (κ2) is 4.33. The molecule has 0 saturated heterocycles. The zero-order valence-corrected chi connectivity index (χ0v) is 8.19. The molecule has 0 bridgehead atoms. The monoisotopic (exact) mass is 204 g/mol. The van der Waals surface area contributed by atoms with Gasteiger partial charge in [-0.2, -0.15) is 0 Å². The van der Waals surface area contributed by atoms with E-state index in [4.69, 9.17) is 21.1 Å². The number of halogens is 2. The lowest BCUT2D eigenvalue weighted by Gasteiger charge is -2.09. The Balaban J connectivity index is 3.18. The van der Waals surface area contributed by atoms with Crippen LogP contribution in [0.1, 0.15) is 5.56 Å². The van der Waals surface area contributed by atoms with E-state index in [-0.39, 0.29) is 11.7 Å². The van der Waals surface area contributed by atoms with Crippen molar-refractivity contribution in [3.8, 4) is 11.5 Å². The lowest BCUT2D eigenvalue weighted by atomic mass is 10.2. The summed E-state index contributed by atoms with van der Waals surface area (Å²) in [5.41, 5.74) is 0.402. The van der Waals surface area contributed by atoms with E-state index in [9.17, 15) is 4.39 Å². The van der Waals surface area contributed by atoms with Gasteiger partial charge in [-0.1, -0.05) is 0 Å². The molecule has 72 valence electrons. The fraction of sp³-hybridized carbons (Fsp3) is 0.333. The first-order chi connectivity index (χ1) is 6.22. The van der Waals surface area contributed by atoms with Crippen LogP contribution in [0.5, 0.6) is 11.5 Å². The van der Waals surface area contributed by atoms with Gasteiger partial charge in [0.05, 0.1) is 20.1 Å². The fourth-order valence-electron chi connectivity index (χ4n) is 0.999. The van der Waals surface area contributed by atoms with Gasteiger partial charge in [0.15, 0.2) is 11.5 Å². The molecule has 0 radical (unpaired) electrons. The van der Waals surface area contributed by atoms with Crippen molar-refractivity contribution < 1.29 is 13.9 Å². The predicted octanol–water partition coefficient (Wildman–Crippen LogP) is 2.58. The third kappa shape index (κ3) is 2.04. The summed E-state index contributed by atoms with van der Waals surface area (Å²) in [5.74, 6) is 0.590. The minimum atomic E-state index is -0.382. The molecule has 13 heavy (non-hydrogen) atoms. The van der Waals surface area contributed by atoms with Crippen LogP contribution >= 0.6 is 11.6 Å². The number of alkyl halides is 1. The molecule has 2 nitrogen and oxygen atoms in total. The Hall–Kier alpha value is -0.960. The average Bonchev–Trinajstić information content (AvgIpc) is 2.17. The standard InChI is InChI=1S/C9H10ClFO2/c1-12-8-3-6(5-10)7(11)4-9(8)13-2/h3-4H,5H2,1-2H3. The summed E-state index contributed by atoms with van der Waals surface area (Å²) >= 11 is 5.52. The molecule has 0 aliphatic heterocycles. The second-order valence-corrected chi connectivity index (χ2v) is 2.70. The Bertz CT molecular complexity index is 302. The van der Waals surface area contributed by atoms with Gasteiger partial charge in [0.1, 0.15) is 5.82 Å². The van der Waals surface area contributed by atoms with Crippen LogP contribution in [0.3, 0.4) is 0 Å². The summed E-state index contributed by atoms with van der Waals surface area (Å²) < 4.78 is 23.0. The lowest BCUT2D eigenvalue weighted by Crippen LogP contribution is -1.94. The first kappa shape index (κ1) is 10.1. The van der Waals surface area contributed by atoms with Crippen LogP contribution in [0.15, 0.2) is 12.1 Å². The highest BCUT2D eigenvalue weighted by atomic mass is 35.5. The summed E-state index contributed by atoms with van der Waals surface area (Å²) in [7, 11) is 2.95. The average molecular weight is 205 g/mol. The van der Waals surface area contributed by atoms with E-state index in [2.05, 4.69) is 0 Å². The maximum atomic E-state index is 13.1. The van der Waals surface area contributed by atoms with Crippen LogP contribution in [0.4, 0.5) is 4.39 Å². The van der Waals surface area contributed by atoms with E-state index in [0.29, 0.717) is 17.1 Å². The third-order valence-corrected chi connectivity index (χ3v) is 1.98. The minimum Gasteiger partial charge on any atom is -0.493 e. The van der Waals surface area contributed by atoms with Crippen LogP contribution in [-0.2, 0) is 5.88 Å². The smallest absolute Gasteiger partial charge is 0.163 e. The molecule has 1 rings (SSSR count). The van der Waals surface area contributed by atoms with Crippen molar-refractivity contribution in [2.24, 2.45) is 0 Å². The van der Waals surface area contributed by atoms with Crippen LogP contribution in [-0.4, -0.2) is 14.2 Å². The quantitative estimate of drug-likeness (QED) is 0.705. The van der Waals surface area contributed by atoms with Crippen molar-refractivity contribution in [2.45, 2.75) is 5.88 Å². The Morgan fingerprint density at radius 1 is 1.23 bits per heavy atom. The molecule has 0 N–H and O–H groups in total. The second-order valence-electron chi connectivity index (χ2n) is 2.43. The largest absolute Gasteiger partial charge is 0.493 e. The number of hydrogen-bond acceptors (Lipinski definition) is 2. The van der Waals surface area contributed by atoms with Crippen LogP contribution < -0.4 is 9.47 Å². The molecule has 1 aromatic carbocycles. The van der Waals surface area contributed by atoms with Gasteiger partial charge >= 0.3 is 0 Å². The van der Waals surface area contributed by atoms with E-state index in [0.717, 1.165) is 0 Å². The van der Waals surface area contributed by atoms with E-state index < -0.39 is 0 Å². The highest BCUT2D eigenvalue weighted by Crippen LogP contribution is 2.30. The highest BCUT2D eigenvalue weighted by molar-refractivity contribution is 6.17. The minimum absolute atomic E-state index is 0.117. The Kier molecular flexibility index (Phi) is 3.37. The molecule has 0 unspecified atom stereocenters. The molecule has 4 heteroatoms. The Morgan fingerprint density at radius 2 is 1.77 bits per heavy atom. The Labute approximate surface area is 81.2 Å². The summed E-state index contributed by atoms with van der Waals surface area (Å²) in [6.45, 7) is 0. The molecule has 0 spiro atoms. The van der Waals surface area contributed by atoms with Crippen molar-refractivity contribution in [3.63, 3.8) is 0 Å². The van der Waals surface area contributed by atoms with Crippen LogP contribution in [0.2, 0.25) is 0 Å². The number of methoxy groups -OCH3 is 2. The van der Waals surface area contributed by atoms with Crippen LogP contribution in [0.25, 0.3) is 0 Å². The summed E-state index contributed by atoms with van der Waals surface area (Å²) in [4.78, 5) is 0. The fourth-order valence-corrected chi connectivity index (χ4v) is 1.20. The predicted molar refractivity (Wildman–Crippen MR) is 49.1 cm³/mol. The zero-order chi connectivity index (χ0) is 9.84. The lowest BCUT2D eigenvalue weighted by molar-refractivity contribution is 0.352. The normalized spacial score (nSPS) is 9.85. The first-order valence-corrected chi connectivity index (χ1v) is 4.22. The molecule has 0 aliphatic rings. The molecule has 1 aromatic rings. The molecule has 0 fully saturated rings. The van der Waals surface area contributed by atoms with E-state index in [1.807, 2.05) is 0 Å². The number of rotatable bonds is 3. The van der Waals surface area contributed by atoms with Gasteiger partial charge in [0.2, 0.25) is 0 Å². The molecular formula is C9H10ClFO2. The van der Waals surface area contributed by atoms with Gasteiger partial charge < -0.3 is 9.47 Å². The summed E-state index contributed by atoms with van der Waals surface area (Å²) in [6.07, 6.45) is 0. The molecule has 0 atom stereocenters. The van der Waals surface area contributed by atoms with E-state index in [1.54, 1.807) is 0 Å². The molecule has 0 aromatic heterocycles. The number of benzene rings is 1. The number of ether oxygens (including phenoxy) is 2. The topological polar surface area (TPSA) is 18.5 Å². The highest BCUT2D eigenvalue weighted by Gasteiger charge is 2.09. The summed E-state index contributed by atoms with van der Waals surface area (Å²) in [6, 6.07) is 2.79. The molecular weight excluding hydrogens is 195 g/mol. The number of hydrogen-bond donors (Lipinski definition) is 0. The van der Waals surface area contributed by atoms with Gasteiger partial charge in [0.25, 0.3) is 0 Å². The molecule has 0 heterocycles. The first-order valence-electron chi connectivity index (χ1n) is 3.69. The molecule has 0 aliphatic carbocycles. The van der Waals surface area contributed by atoms with Crippen molar-refractivity contribution in [1.82, 2.24) is 0 Å². The Morgan fingerprint density at radius 3 is 2.23 bits per heavy atom. The van der Waals surface area contributed by atoms with Gasteiger partial charge in [-0.25, -0.2) is 4.39 Å². The van der Waals surface area contributed by atoms with Crippen molar-refractivity contribution in [1.29, 1.82) is 0 Å². The maximum Gasteiger partial charge on any atom is 0.163 e. The van der Waals surface area contributed by atoms with E-state index >= 15 is 0 Å². The zero-order valence-electron chi connectivity index (χ0n) is 7.43. The van der Waals surface area contributed by atoms with Crippen LogP contribution in [0, 0.1) is 5.82 Å². The van der Waals surface area contributed by atoms with E-state index in [1.165, 1.54) is 26.4 Å². The summed E-state index contributed by atoms with van der Waals surface area (Å²) in [5, 5.41) is 0. The molecule has 0 saturated carbocycles. The van der Waals surface area contributed by atoms with Gasteiger partial charge in [-0.05, 0) is 6.07 Å².